The highest BCUT2D eigenvalue weighted by Gasteiger charge is 2.49. The van der Waals surface area contributed by atoms with E-state index in [1.165, 1.54) is 31.9 Å². The summed E-state index contributed by atoms with van der Waals surface area (Å²) in [5, 5.41) is 9.49. The molecule has 1 spiro atoms. The first-order chi connectivity index (χ1) is 9.84. The van der Waals surface area contributed by atoms with Crippen LogP contribution in [-0.4, -0.2) is 41.2 Å². The average Bonchev–Trinajstić information content (AvgIpc) is 3.18. The van der Waals surface area contributed by atoms with Gasteiger partial charge in [0.05, 0.1) is 26.3 Å². The summed E-state index contributed by atoms with van der Waals surface area (Å²) < 4.78 is 0.458. The third-order valence-corrected chi connectivity index (χ3v) is 5.58. The SMILES string of the molecule is C[N+](C)(c1nc(Cl)ncc1C(=O)O)C1CCC2(CC1)CC2. The lowest BCUT2D eigenvalue weighted by molar-refractivity contribution is 0.0691. The molecule has 2 aliphatic carbocycles. The second-order valence-corrected chi connectivity index (χ2v) is 7.29. The van der Waals surface area contributed by atoms with Gasteiger partial charge in [-0.3, -0.25) is 4.48 Å². The standard InChI is InChI=1S/C15H20ClN3O2/c1-19(2,10-3-5-15(6-4-10)7-8-15)12-11(13(20)21)9-17-14(16)18-12/h9-10H,3-8H2,1-2H3/p+1. The Balaban J connectivity index is 1.90. The van der Waals surface area contributed by atoms with Crippen LogP contribution in [0.25, 0.3) is 0 Å². The van der Waals surface area contributed by atoms with Crippen LogP contribution in [0.4, 0.5) is 5.82 Å². The third kappa shape index (κ3) is 2.64. The number of aromatic nitrogens is 2. The van der Waals surface area contributed by atoms with Gasteiger partial charge in [0.15, 0.2) is 5.56 Å². The Morgan fingerprint density at radius 2 is 1.95 bits per heavy atom. The summed E-state index contributed by atoms with van der Waals surface area (Å²) in [6.45, 7) is 0. The zero-order valence-electron chi connectivity index (χ0n) is 12.5. The van der Waals surface area contributed by atoms with Gasteiger partial charge in [-0.15, -0.1) is 0 Å². The second-order valence-electron chi connectivity index (χ2n) is 6.95. The first-order valence-electron chi connectivity index (χ1n) is 7.44. The van der Waals surface area contributed by atoms with Gasteiger partial charge in [0.25, 0.3) is 0 Å². The largest absolute Gasteiger partial charge is 0.477 e. The highest BCUT2D eigenvalue weighted by molar-refractivity contribution is 6.28. The molecule has 0 radical (unpaired) electrons. The van der Waals surface area contributed by atoms with Crippen LogP contribution in [0.5, 0.6) is 0 Å². The lowest BCUT2D eigenvalue weighted by Crippen LogP contribution is -2.53. The van der Waals surface area contributed by atoms with E-state index < -0.39 is 5.97 Å². The van der Waals surface area contributed by atoms with Crippen LogP contribution in [0.3, 0.4) is 0 Å². The van der Waals surface area contributed by atoms with Crippen molar-refractivity contribution < 1.29 is 9.90 Å². The minimum Gasteiger partial charge on any atom is -0.477 e. The van der Waals surface area contributed by atoms with Crippen LogP contribution in [0.1, 0.15) is 48.9 Å². The maximum atomic E-state index is 11.4. The van der Waals surface area contributed by atoms with Crippen molar-refractivity contribution in [2.45, 2.75) is 44.6 Å². The minimum absolute atomic E-state index is 0.107. The van der Waals surface area contributed by atoms with Crippen LogP contribution in [0, 0.1) is 5.41 Å². The molecule has 5 nitrogen and oxygen atoms in total. The lowest BCUT2D eigenvalue weighted by Gasteiger charge is -2.41. The van der Waals surface area contributed by atoms with Crippen LogP contribution in [0.15, 0.2) is 6.20 Å². The normalized spacial score (nSPS) is 21.5. The number of nitrogens with zero attached hydrogens (tertiary/aromatic N) is 3. The molecule has 1 heterocycles. The summed E-state index contributed by atoms with van der Waals surface area (Å²) in [6, 6.07) is 0.389. The molecular formula is C15H21ClN3O2+. The molecule has 114 valence electrons. The summed E-state index contributed by atoms with van der Waals surface area (Å²) in [4.78, 5) is 19.5. The Morgan fingerprint density at radius 3 is 2.48 bits per heavy atom. The van der Waals surface area contributed by atoms with E-state index in [-0.39, 0.29) is 10.8 Å². The Morgan fingerprint density at radius 1 is 1.33 bits per heavy atom. The van der Waals surface area contributed by atoms with Gasteiger partial charge in [0.2, 0.25) is 11.1 Å². The Labute approximate surface area is 129 Å². The number of hydrogen-bond acceptors (Lipinski definition) is 3. The average molecular weight is 311 g/mol. The van der Waals surface area contributed by atoms with Crippen LogP contribution in [0.2, 0.25) is 5.28 Å². The smallest absolute Gasteiger partial charge is 0.345 e. The van der Waals surface area contributed by atoms with Crippen molar-refractivity contribution in [3.8, 4) is 0 Å². The van der Waals surface area contributed by atoms with Gasteiger partial charge in [-0.25, -0.2) is 9.78 Å². The quantitative estimate of drug-likeness (QED) is 0.688. The Bertz CT molecular complexity index is 574. The van der Waals surface area contributed by atoms with E-state index in [9.17, 15) is 9.90 Å². The van der Waals surface area contributed by atoms with Gasteiger partial charge in [-0.1, -0.05) is 0 Å². The molecule has 0 atom stereocenters. The van der Waals surface area contributed by atoms with Gasteiger partial charge in [0.1, 0.15) is 0 Å². The fraction of sp³-hybridized carbons (Fsp3) is 0.667. The first kappa shape index (κ1) is 14.7. The number of carbonyl (C=O) groups is 1. The number of quaternary nitrogens is 1. The molecule has 2 aliphatic rings. The molecule has 1 N–H and O–H groups in total. The van der Waals surface area contributed by atoms with Crippen molar-refractivity contribution in [3.63, 3.8) is 0 Å². The van der Waals surface area contributed by atoms with Crippen LogP contribution >= 0.6 is 11.6 Å². The Hall–Kier alpha value is -1.20. The summed E-state index contributed by atoms with van der Waals surface area (Å²) in [7, 11) is 4.06. The van der Waals surface area contributed by atoms with Crippen LogP contribution < -0.4 is 4.48 Å². The summed E-state index contributed by atoms with van der Waals surface area (Å²) in [5.74, 6) is -0.485. The van der Waals surface area contributed by atoms with Crippen molar-refractivity contribution in [2.75, 3.05) is 14.1 Å². The van der Waals surface area contributed by atoms with Crippen LogP contribution in [-0.2, 0) is 0 Å². The molecule has 0 amide bonds. The molecule has 3 rings (SSSR count). The monoisotopic (exact) mass is 310 g/mol. The zero-order chi connectivity index (χ0) is 15.3. The van der Waals surface area contributed by atoms with Gasteiger partial charge in [-0.05, 0) is 42.7 Å². The van der Waals surface area contributed by atoms with Crippen molar-refractivity contribution in [1.29, 1.82) is 0 Å². The topological polar surface area (TPSA) is 63.1 Å². The van der Waals surface area contributed by atoms with Crippen molar-refractivity contribution in [1.82, 2.24) is 14.5 Å². The molecule has 6 heteroatoms. The molecule has 0 bridgehead atoms. The summed E-state index contributed by atoms with van der Waals surface area (Å²) in [5.41, 5.74) is 0.770. The highest BCUT2D eigenvalue weighted by atomic mass is 35.5. The maximum Gasteiger partial charge on any atom is 0.345 e. The van der Waals surface area contributed by atoms with Gasteiger partial charge < -0.3 is 5.11 Å². The Kier molecular flexibility index (Phi) is 3.45. The number of carboxylic acid groups (broad SMARTS) is 1. The van der Waals surface area contributed by atoms with Gasteiger partial charge in [0, 0.05) is 12.8 Å². The molecule has 1 aromatic rings. The number of carboxylic acids is 1. The summed E-state index contributed by atoms with van der Waals surface area (Å²) >= 11 is 5.90. The molecular weight excluding hydrogens is 290 g/mol. The van der Waals surface area contributed by atoms with E-state index in [1.807, 2.05) is 14.1 Å². The van der Waals surface area contributed by atoms with Gasteiger partial charge >= 0.3 is 5.97 Å². The van der Waals surface area contributed by atoms with Crippen molar-refractivity contribution in [3.05, 3.63) is 17.0 Å². The number of aromatic carboxylic acids is 1. The highest BCUT2D eigenvalue weighted by Crippen LogP contribution is 2.57. The number of halogens is 1. The molecule has 0 saturated heterocycles. The predicted octanol–water partition coefficient (Wildman–Crippen LogP) is 3.12. The molecule has 0 aliphatic heterocycles. The predicted molar refractivity (Wildman–Crippen MR) is 81.6 cm³/mol. The van der Waals surface area contributed by atoms with Crippen molar-refractivity contribution in [2.24, 2.45) is 5.41 Å². The third-order valence-electron chi connectivity index (χ3n) is 5.40. The lowest BCUT2D eigenvalue weighted by atomic mass is 9.82. The fourth-order valence-electron chi connectivity index (χ4n) is 3.65. The molecule has 0 unspecified atom stereocenters. The molecule has 0 aromatic carbocycles. The van der Waals surface area contributed by atoms with E-state index in [1.54, 1.807) is 0 Å². The number of hydrogen-bond donors (Lipinski definition) is 1. The molecule has 1 aromatic heterocycles. The summed E-state index contributed by atoms with van der Waals surface area (Å²) in [6.07, 6.45) is 8.79. The minimum atomic E-state index is -0.998. The zero-order valence-corrected chi connectivity index (χ0v) is 13.2. The van der Waals surface area contributed by atoms with E-state index in [0.29, 0.717) is 21.8 Å². The van der Waals surface area contributed by atoms with E-state index >= 15 is 0 Å². The van der Waals surface area contributed by atoms with Gasteiger partial charge in [-0.2, -0.15) is 4.98 Å². The first-order valence-corrected chi connectivity index (χ1v) is 7.82. The van der Waals surface area contributed by atoms with Crippen molar-refractivity contribution >= 4 is 23.4 Å². The fourth-order valence-corrected chi connectivity index (χ4v) is 3.78. The second kappa shape index (κ2) is 4.92. The van der Waals surface area contributed by atoms with E-state index in [0.717, 1.165) is 12.8 Å². The van der Waals surface area contributed by atoms with E-state index in [4.69, 9.17) is 11.6 Å². The maximum absolute atomic E-state index is 11.4. The number of rotatable bonds is 3. The van der Waals surface area contributed by atoms with E-state index in [2.05, 4.69) is 9.97 Å². The molecule has 21 heavy (non-hydrogen) atoms. The molecule has 2 saturated carbocycles. The molecule has 2 fully saturated rings.